The first-order chi connectivity index (χ1) is 15.9. The van der Waals surface area contributed by atoms with Gasteiger partial charge in [0, 0.05) is 11.6 Å². The summed E-state index contributed by atoms with van der Waals surface area (Å²) in [5.74, 6) is 0.164. The van der Waals surface area contributed by atoms with E-state index in [1.54, 1.807) is 30.3 Å². The molecule has 3 aromatic rings. The van der Waals surface area contributed by atoms with E-state index in [2.05, 4.69) is 0 Å². The van der Waals surface area contributed by atoms with Crippen molar-refractivity contribution in [1.82, 2.24) is 4.90 Å². The lowest BCUT2D eigenvalue weighted by molar-refractivity contribution is -0.385. The summed E-state index contributed by atoms with van der Waals surface area (Å²) < 4.78 is 5.86. The molecule has 1 fully saturated rings. The second-order valence-corrected chi connectivity index (χ2v) is 8.49. The lowest BCUT2D eigenvalue weighted by atomic mass is 10.1. The van der Waals surface area contributed by atoms with Gasteiger partial charge in [0.2, 0.25) is 0 Å². The van der Waals surface area contributed by atoms with E-state index in [0.717, 1.165) is 22.2 Å². The fourth-order valence-corrected chi connectivity index (χ4v) is 4.16. The van der Waals surface area contributed by atoms with Crippen LogP contribution in [-0.4, -0.2) is 21.0 Å². The highest BCUT2D eigenvalue weighted by Gasteiger charge is 2.36. The third-order valence-corrected chi connectivity index (χ3v) is 5.98. The zero-order valence-electron chi connectivity index (χ0n) is 17.8. The van der Waals surface area contributed by atoms with Gasteiger partial charge >= 0.3 is 0 Å². The number of ether oxygens (including phenoxy) is 1. The highest BCUT2D eigenvalue weighted by molar-refractivity contribution is 8.18. The predicted molar refractivity (Wildman–Crippen MR) is 127 cm³/mol. The Morgan fingerprint density at radius 2 is 1.79 bits per heavy atom. The SMILES string of the molecule is Cc1ccc(COc2cccc(/C=C3\SC(=O)N(Cc4ccccc4[N+](=O)[O-])C3=O)c2)cc1. The molecule has 0 aromatic heterocycles. The normalized spacial score (nSPS) is 14.7. The number of para-hydroxylation sites is 1. The van der Waals surface area contributed by atoms with Gasteiger partial charge in [-0.15, -0.1) is 0 Å². The third kappa shape index (κ3) is 5.30. The lowest BCUT2D eigenvalue weighted by Crippen LogP contribution is -2.27. The molecule has 0 spiro atoms. The number of nitro benzene ring substituents is 1. The number of aryl methyl sites for hydroxylation is 1. The third-order valence-electron chi connectivity index (χ3n) is 5.07. The van der Waals surface area contributed by atoms with Gasteiger partial charge in [-0.05, 0) is 48.0 Å². The van der Waals surface area contributed by atoms with Gasteiger partial charge in [-0.2, -0.15) is 0 Å². The van der Waals surface area contributed by atoms with Crippen molar-refractivity contribution in [3.63, 3.8) is 0 Å². The van der Waals surface area contributed by atoms with Gasteiger partial charge in [-0.3, -0.25) is 24.6 Å². The van der Waals surface area contributed by atoms with E-state index in [1.165, 1.54) is 11.6 Å². The van der Waals surface area contributed by atoms with Crippen LogP contribution in [0.15, 0.2) is 77.7 Å². The van der Waals surface area contributed by atoms with Crippen LogP contribution in [0, 0.1) is 17.0 Å². The van der Waals surface area contributed by atoms with Crippen molar-refractivity contribution in [3.05, 3.63) is 110 Å². The molecule has 4 rings (SSSR count). The maximum atomic E-state index is 12.8. The van der Waals surface area contributed by atoms with E-state index in [9.17, 15) is 19.7 Å². The Hall–Kier alpha value is -3.91. The number of carbonyl (C=O) groups is 2. The minimum Gasteiger partial charge on any atom is -0.489 e. The van der Waals surface area contributed by atoms with Crippen molar-refractivity contribution in [2.24, 2.45) is 0 Å². The molecule has 0 aliphatic carbocycles. The quantitative estimate of drug-likeness (QED) is 0.255. The molecule has 0 unspecified atom stereocenters. The molecule has 7 nitrogen and oxygen atoms in total. The van der Waals surface area contributed by atoms with Crippen LogP contribution < -0.4 is 4.74 Å². The summed E-state index contributed by atoms with van der Waals surface area (Å²) in [5.41, 5.74) is 3.11. The maximum absolute atomic E-state index is 12.8. The van der Waals surface area contributed by atoms with Crippen LogP contribution in [0.1, 0.15) is 22.3 Å². The highest BCUT2D eigenvalue weighted by Crippen LogP contribution is 2.34. The zero-order chi connectivity index (χ0) is 23.4. The molecule has 1 saturated heterocycles. The first kappa shape index (κ1) is 22.3. The Morgan fingerprint density at radius 3 is 2.55 bits per heavy atom. The minimum absolute atomic E-state index is 0.126. The second kappa shape index (κ2) is 9.70. The number of thioether (sulfide) groups is 1. The van der Waals surface area contributed by atoms with Crippen molar-refractivity contribution in [3.8, 4) is 5.75 Å². The fourth-order valence-electron chi connectivity index (χ4n) is 3.33. The monoisotopic (exact) mass is 460 g/mol. The average Bonchev–Trinajstić information content (AvgIpc) is 3.06. The second-order valence-electron chi connectivity index (χ2n) is 7.50. The molecule has 166 valence electrons. The van der Waals surface area contributed by atoms with Crippen molar-refractivity contribution in [1.29, 1.82) is 0 Å². The van der Waals surface area contributed by atoms with Gasteiger partial charge in [-0.1, -0.05) is 60.2 Å². The number of rotatable bonds is 7. The molecule has 0 N–H and O–H groups in total. The first-order valence-electron chi connectivity index (χ1n) is 10.2. The maximum Gasteiger partial charge on any atom is 0.293 e. The van der Waals surface area contributed by atoms with E-state index < -0.39 is 16.1 Å². The Bertz CT molecular complexity index is 1250. The molecule has 0 radical (unpaired) electrons. The minimum atomic E-state index is -0.521. The Balaban J connectivity index is 1.48. The molecule has 0 saturated carbocycles. The average molecular weight is 461 g/mol. The largest absolute Gasteiger partial charge is 0.489 e. The molecular formula is C25H20N2O5S. The topological polar surface area (TPSA) is 89.8 Å². The number of benzene rings is 3. The summed E-state index contributed by atoms with van der Waals surface area (Å²) in [6, 6.07) is 21.4. The van der Waals surface area contributed by atoms with Crippen LogP contribution in [0.5, 0.6) is 5.75 Å². The van der Waals surface area contributed by atoms with Gasteiger partial charge in [-0.25, -0.2) is 0 Å². The zero-order valence-corrected chi connectivity index (χ0v) is 18.6. The Labute approximate surface area is 194 Å². The summed E-state index contributed by atoms with van der Waals surface area (Å²) >= 11 is 0.815. The van der Waals surface area contributed by atoms with Gasteiger partial charge in [0.25, 0.3) is 16.8 Å². The predicted octanol–water partition coefficient (Wildman–Crippen LogP) is 5.72. The lowest BCUT2D eigenvalue weighted by Gasteiger charge is -2.12. The van der Waals surface area contributed by atoms with Crippen LogP contribution in [0.2, 0.25) is 0 Å². The number of imide groups is 1. The number of amides is 2. The molecule has 0 bridgehead atoms. The van der Waals surface area contributed by atoms with Crippen molar-refractivity contribution < 1.29 is 19.2 Å². The summed E-state index contributed by atoms with van der Waals surface area (Å²) in [5, 5.41) is 10.8. The van der Waals surface area contributed by atoms with Crippen molar-refractivity contribution in [2.75, 3.05) is 0 Å². The van der Waals surface area contributed by atoms with Gasteiger partial charge in [0.05, 0.1) is 16.4 Å². The van der Waals surface area contributed by atoms with Gasteiger partial charge < -0.3 is 4.74 Å². The molecule has 1 aliphatic heterocycles. The molecule has 1 heterocycles. The summed E-state index contributed by atoms with van der Waals surface area (Å²) in [6.07, 6.45) is 1.63. The van der Waals surface area contributed by atoms with Crippen LogP contribution in [-0.2, 0) is 17.9 Å². The van der Waals surface area contributed by atoms with E-state index in [4.69, 9.17) is 4.74 Å². The molecule has 2 amide bonds. The number of hydrogen-bond donors (Lipinski definition) is 0. The van der Waals surface area contributed by atoms with Crippen molar-refractivity contribution in [2.45, 2.75) is 20.1 Å². The molecule has 1 aliphatic rings. The summed E-state index contributed by atoms with van der Waals surface area (Å²) in [6.45, 7) is 2.28. The Kier molecular flexibility index (Phi) is 6.55. The molecule has 3 aromatic carbocycles. The van der Waals surface area contributed by atoms with Crippen LogP contribution in [0.3, 0.4) is 0 Å². The Morgan fingerprint density at radius 1 is 1.03 bits per heavy atom. The highest BCUT2D eigenvalue weighted by atomic mass is 32.2. The molecular weight excluding hydrogens is 440 g/mol. The number of carbonyl (C=O) groups excluding carboxylic acids is 2. The molecule has 0 atom stereocenters. The summed E-state index contributed by atoms with van der Waals surface area (Å²) in [4.78, 5) is 37.3. The van der Waals surface area contributed by atoms with Crippen LogP contribution in [0.25, 0.3) is 6.08 Å². The fraction of sp³-hybridized carbons (Fsp3) is 0.120. The smallest absolute Gasteiger partial charge is 0.293 e. The number of nitrogens with zero attached hydrogens (tertiary/aromatic N) is 2. The number of hydrogen-bond acceptors (Lipinski definition) is 6. The van der Waals surface area contributed by atoms with Crippen molar-refractivity contribution >= 4 is 34.7 Å². The standard InChI is InChI=1S/C25H20N2O5S/c1-17-9-11-18(12-10-17)16-32-21-7-4-5-19(13-21)14-23-24(28)26(25(29)33-23)15-20-6-2-3-8-22(20)27(30)31/h2-14H,15-16H2,1H3/b23-14-. The van der Waals surface area contributed by atoms with Crippen LogP contribution in [0.4, 0.5) is 10.5 Å². The van der Waals surface area contributed by atoms with E-state index in [1.807, 2.05) is 49.4 Å². The van der Waals surface area contributed by atoms with Crippen LogP contribution >= 0.6 is 11.8 Å². The molecule has 8 heteroatoms. The van der Waals surface area contributed by atoms with E-state index in [0.29, 0.717) is 23.5 Å². The first-order valence-corrected chi connectivity index (χ1v) is 11.0. The van der Waals surface area contributed by atoms with Gasteiger partial charge in [0.1, 0.15) is 12.4 Å². The van der Waals surface area contributed by atoms with Gasteiger partial charge in [0.15, 0.2) is 0 Å². The van der Waals surface area contributed by atoms with E-state index >= 15 is 0 Å². The summed E-state index contributed by atoms with van der Waals surface area (Å²) in [7, 11) is 0. The van der Waals surface area contributed by atoms with E-state index in [-0.39, 0.29) is 17.1 Å². The molecule has 33 heavy (non-hydrogen) atoms. The number of nitro groups is 1.